The molecule has 2 aromatic heterocycles. The summed E-state index contributed by atoms with van der Waals surface area (Å²) in [6.07, 6.45) is 2.31. The van der Waals surface area contributed by atoms with Crippen LogP contribution in [0.3, 0.4) is 0 Å². The van der Waals surface area contributed by atoms with Crippen LogP contribution < -0.4 is 0 Å². The van der Waals surface area contributed by atoms with Gasteiger partial charge in [-0.2, -0.15) is 0 Å². The molecular formula is C14H18N2OS. The topological polar surface area (TPSA) is 29.3 Å². The number of aromatic nitrogens is 1. The molecule has 0 amide bonds. The highest BCUT2D eigenvalue weighted by Crippen LogP contribution is 2.35. The Morgan fingerprint density at radius 1 is 1.56 bits per heavy atom. The van der Waals surface area contributed by atoms with Gasteiger partial charge in [0, 0.05) is 23.5 Å². The minimum Gasteiger partial charge on any atom is -0.360 e. The summed E-state index contributed by atoms with van der Waals surface area (Å²) < 4.78 is 5.34. The Bertz CT molecular complexity index is 531. The second kappa shape index (κ2) is 4.86. The van der Waals surface area contributed by atoms with Crippen LogP contribution in [-0.2, 0) is 13.0 Å². The number of hydrogen-bond acceptors (Lipinski definition) is 4. The molecule has 1 atom stereocenters. The van der Waals surface area contributed by atoms with Crippen LogP contribution in [0.25, 0.3) is 0 Å². The second-order valence-corrected chi connectivity index (χ2v) is 5.88. The molecule has 0 saturated heterocycles. The average Bonchev–Trinajstić information content (AvgIpc) is 2.98. The van der Waals surface area contributed by atoms with Gasteiger partial charge in [-0.15, -0.1) is 11.3 Å². The second-order valence-electron chi connectivity index (χ2n) is 4.88. The highest BCUT2D eigenvalue weighted by atomic mass is 32.1. The van der Waals surface area contributed by atoms with E-state index < -0.39 is 0 Å². The maximum absolute atomic E-state index is 5.34. The van der Waals surface area contributed by atoms with Gasteiger partial charge in [0.1, 0.15) is 0 Å². The van der Waals surface area contributed by atoms with Crippen LogP contribution in [0, 0.1) is 6.92 Å². The summed E-state index contributed by atoms with van der Waals surface area (Å²) in [5.41, 5.74) is 2.48. The molecule has 3 nitrogen and oxygen atoms in total. The predicted molar refractivity (Wildman–Crippen MR) is 72.7 cm³/mol. The molecule has 0 aromatic carbocycles. The van der Waals surface area contributed by atoms with E-state index in [4.69, 9.17) is 4.52 Å². The van der Waals surface area contributed by atoms with Crippen LogP contribution in [0.4, 0.5) is 0 Å². The van der Waals surface area contributed by atoms with Crippen LogP contribution in [0.15, 0.2) is 22.0 Å². The molecule has 0 fully saturated rings. The van der Waals surface area contributed by atoms with E-state index in [-0.39, 0.29) is 0 Å². The largest absolute Gasteiger partial charge is 0.360 e. The lowest BCUT2D eigenvalue weighted by atomic mass is 9.98. The van der Waals surface area contributed by atoms with Gasteiger partial charge < -0.3 is 4.52 Å². The van der Waals surface area contributed by atoms with Gasteiger partial charge in [0.15, 0.2) is 5.76 Å². The molecule has 4 heteroatoms. The first kappa shape index (κ1) is 11.9. The lowest BCUT2D eigenvalue weighted by molar-refractivity contribution is 0.154. The summed E-state index contributed by atoms with van der Waals surface area (Å²) in [5.74, 6) is 0.977. The van der Waals surface area contributed by atoms with Crippen LogP contribution in [0.2, 0.25) is 0 Å². The van der Waals surface area contributed by atoms with Gasteiger partial charge in [-0.3, -0.25) is 4.90 Å². The Labute approximate surface area is 111 Å². The van der Waals surface area contributed by atoms with Gasteiger partial charge in [0.25, 0.3) is 0 Å². The molecule has 0 aliphatic carbocycles. The van der Waals surface area contributed by atoms with Crippen molar-refractivity contribution in [3.8, 4) is 0 Å². The minimum atomic E-state index is 0.533. The number of fused-ring (bicyclic) bond motifs is 1. The molecule has 1 aliphatic rings. The molecular weight excluding hydrogens is 244 g/mol. The number of hydrogen-bond donors (Lipinski definition) is 0. The standard InChI is InChI=1S/C14H18N2OS/c1-3-13-12-5-7-18-14(12)4-6-16(13)9-11-8-10(2)15-17-11/h5,7-8,13H,3-4,6,9H2,1-2H3/t13-/m1/s1. The third-order valence-electron chi connectivity index (χ3n) is 3.63. The normalized spacial score (nSPS) is 20.0. The molecule has 96 valence electrons. The van der Waals surface area contributed by atoms with Crippen molar-refractivity contribution in [3.63, 3.8) is 0 Å². The molecule has 3 rings (SSSR count). The van der Waals surface area contributed by atoms with Crippen LogP contribution in [0.1, 0.15) is 41.3 Å². The van der Waals surface area contributed by atoms with Crippen molar-refractivity contribution >= 4 is 11.3 Å². The third-order valence-corrected chi connectivity index (χ3v) is 4.62. The van der Waals surface area contributed by atoms with E-state index in [1.54, 1.807) is 4.88 Å². The van der Waals surface area contributed by atoms with E-state index in [9.17, 15) is 0 Å². The molecule has 2 aromatic rings. The van der Waals surface area contributed by atoms with Gasteiger partial charge in [-0.05, 0) is 36.8 Å². The van der Waals surface area contributed by atoms with Gasteiger partial charge in [0.2, 0.25) is 0 Å². The van der Waals surface area contributed by atoms with Gasteiger partial charge in [0.05, 0.1) is 12.2 Å². The van der Waals surface area contributed by atoms with E-state index in [2.05, 4.69) is 28.4 Å². The first-order valence-corrected chi connectivity index (χ1v) is 7.38. The van der Waals surface area contributed by atoms with Gasteiger partial charge in [-0.1, -0.05) is 12.1 Å². The van der Waals surface area contributed by atoms with Crippen molar-refractivity contribution < 1.29 is 4.52 Å². The van der Waals surface area contributed by atoms with Crippen LogP contribution in [-0.4, -0.2) is 16.6 Å². The monoisotopic (exact) mass is 262 g/mol. The van der Waals surface area contributed by atoms with Crippen molar-refractivity contribution in [3.05, 3.63) is 39.4 Å². The van der Waals surface area contributed by atoms with E-state index in [0.29, 0.717) is 6.04 Å². The number of aryl methyl sites for hydroxylation is 1. The molecule has 0 unspecified atom stereocenters. The first-order chi connectivity index (χ1) is 8.78. The fourth-order valence-electron chi connectivity index (χ4n) is 2.81. The van der Waals surface area contributed by atoms with E-state index in [1.165, 1.54) is 5.56 Å². The smallest absolute Gasteiger partial charge is 0.150 e. The number of rotatable bonds is 3. The van der Waals surface area contributed by atoms with Crippen molar-refractivity contribution in [1.82, 2.24) is 10.1 Å². The zero-order valence-corrected chi connectivity index (χ0v) is 11.7. The van der Waals surface area contributed by atoms with Crippen LogP contribution in [0.5, 0.6) is 0 Å². The summed E-state index contributed by atoms with van der Waals surface area (Å²) in [4.78, 5) is 4.07. The summed E-state index contributed by atoms with van der Waals surface area (Å²) in [7, 11) is 0. The molecule has 0 bridgehead atoms. The van der Waals surface area contributed by atoms with E-state index >= 15 is 0 Å². The Kier molecular flexibility index (Phi) is 3.22. The molecule has 3 heterocycles. The molecule has 0 radical (unpaired) electrons. The SMILES string of the molecule is CC[C@@H]1c2ccsc2CCN1Cc1cc(C)no1. The summed E-state index contributed by atoms with van der Waals surface area (Å²) >= 11 is 1.89. The number of thiophene rings is 1. The minimum absolute atomic E-state index is 0.533. The maximum atomic E-state index is 5.34. The fraction of sp³-hybridized carbons (Fsp3) is 0.500. The van der Waals surface area contributed by atoms with Gasteiger partial charge in [-0.25, -0.2) is 0 Å². The maximum Gasteiger partial charge on any atom is 0.150 e. The first-order valence-electron chi connectivity index (χ1n) is 6.50. The Balaban J connectivity index is 1.81. The fourth-order valence-corrected chi connectivity index (χ4v) is 3.73. The highest BCUT2D eigenvalue weighted by molar-refractivity contribution is 7.10. The lowest BCUT2D eigenvalue weighted by Crippen LogP contribution is -2.33. The quantitative estimate of drug-likeness (QED) is 0.847. The third kappa shape index (κ3) is 2.10. The molecule has 0 spiro atoms. The van der Waals surface area contributed by atoms with E-state index in [1.807, 2.05) is 24.3 Å². The zero-order valence-electron chi connectivity index (χ0n) is 10.8. The molecule has 0 saturated carbocycles. The molecule has 18 heavy (non-hydrogen) atoms. The van der Waals surface area contributed by atoms with Crippen molar-refractivity contribution in [1.29, 1.82) is 0 Å². The van der Waals surface area contributed by atoms with Gasteiger partial charge >= 0.3 is 0 Å². The van der Waals surface area contributed by atoms with E-state index in [0.717, 1.165) is 37.4 Å². The average molecular weight is 262 g/mol. The summed E-state index contributed by atoms with van der Waals surface area (Å²) in [6, 6.07) is 4.85. The molecule has 0 N–H and O–H groups in total. The number of nitrogens with zero attached hydrogens (tertiary/aromatic N) is 2. The lowest BCUT2D eigenvalue weighted by Gasteiger charge is -2.34. The predicted octanol–water partition coefficient (Wildman–Crippen LogP) is 3.55. The summed E-state index contributed by atoms with van der Waals surface area (Å²) in [6.45, 7) is 6.22. The summed E-state index contributed by atoms with van der Waals surface area (Å²) in [5, 5.41) is 6.19. The van der Waals surface area contributed by atoms with Crippen molar-refractivity contribution in [2.45, 2.75) is 39.3 Å². The molecule has 1 aliphatic heterocycles. The van der Waals surface area contributed by atoms with Crippen molar-refractivity contribution in [2.75, 3.05) is 6.54 Å². The Hall–Kier alpha value is -1.13. The Morgan fingerprint density at radius 2 is 2.44 bits per heavy atom. The van der Waals surface area contributed by atoms with Crippen LogP contribution >= 0.6 is 11.3 Å². The zero-order chi connectivity index (χ0) is 12.5. The van der Waals surface area contributed by atoms with Crippen molar-refractivity contribution in [2.24, 2.45) is 0 Å². The highest BCUT2D eigenvalue weighted by Gasteiger charge is 2.27. The Morgan fingerprint density at radius 3 is 3.17 bits per heavy atom.